The number of likely N-dealkylation sites (tertiary alicyclic amines) is 1. The van der Waals surface area contributed by atoms with E-state index in [-0.39, 0.29) is 29.2 Å². The van der Waals surface area contributed by atoms with Crippen molar-refractivity contribution in [3.8, 4) is 5.69 Å². The van der Waals surface area contributed by atoms with Gasteiger partial charge in [-0.25, -0.2) is 9.67 Å². The second-order valence-electron chi connectivity index (χ2n) is 8.87. The lowest BCUT2D eigenvalue weighted by atomic mass is 9.90. The third-order valence-electron chi connectivity index (χ3n) is 5.76. The molecule has 0 unspecified atom stereocenters. The first kappa shape index (κ1) is 21.0. The normalized spacial score (nSPS) is 16.5. The lowest BCUT2D eigenvalue weighted by Gasteiger charge is -2.37. The molecule has 1 aromatic heterocycles. The highest BCUT2D eigenvalue weighted by atomic mass is 16.2. The van der Waals surface area contributed by atoms with Gasteiger partial charge in [0.1, 0.15) is 12.7 Å². The molecule has 0 bridgehead atoms. The SMILES string of the molecule is C[C@@H](c1ccc(-n2cncn2)cc1)N(C)C(=O)C1CCN(C(=O)C(C)(C)C)CC1. The number of piperidine rings is 1. The van der Waals surface area contributed by atoms with Gasteiger partial charge in [0.2, 0.25) is 11.8 Å². The predicted molar refractivity (Wildman–Crippen MR) is 111 cm³/mol. The smallest absolute Gasteiger partial charge is 0.227 e. The van der Waals surface area contributed by atoms with Gasteiger partial charge in [-0.05, 0) is 37.5 Å². The first-order valence-electron chi connectivity index (χ1n) is 10.2. The Labute approximate surface area is 172 Å². The van der Waals surface area contributed by atoms with Crippen LogP contribution in [0.25, 0.3) is 5.69 Å². The van der Waals surface area contributed by atoms with Crippen molar-refractivity contribution >= 4 is 11.8 Å². The average molecular weight is 398 g/mol. The van der Waals surface area contributed by atoms with Gasteiger partial charge in [-0.3, -0.25) is 9.59 Å². The molecule has 1 aliphatic rings. The third-order valence-corrected chi connectivity index (χ3v) is 5.76. The zero-order valence-electron chi connectivity index (χ0n) is 18.0. The highest BCUT2D eigenvalue weighted by molar-refractivity contribution is 5.83. The number of carbonyl (C=O) groups excluding carboxylic acids is 2. The topological polar surface area (TPSA) is 71.3 Å². The van der Waals surface area contributed by atoms with Gasteiger partial charge in [0.25, 0.3) is 0 Å². The molecule has 29 heavy (non-hydrogen) atoms. The van der Waals surface area contributed by atoms with E-state index >= 15 is 0 Å². The summed E-state index contributed by atoms with van der Waals surface area (Å²) in [6.07, 6.45) is 4.61. The summed E-state index contributed by atoms with van der Waals surface area (Å²) < 4.78 is 1.70. The van der Waals surface area contributed by atoms with Gasteiger partial charge < -0.3 is 9.80 Å². The summed E-state index contributed by atoms with van der Waals surface area (Å²) in [7, 11) is 1.87. The molecule has 7 heteroatoms. The van der Waals surface area contributed by atoms with Crippen LogP contribution in [0, 0.1) is 11.3 Å². The van der Waals surface area contributed by atoms with Crippen molar-refractivity contribution in [1.82, 2.24) is 24.6 Å². The summed E-state index contributed by atoms with van der Waals surface area (Å²) in [5.74, 6) is 0.291. The summed E-state index contributed by atoms with van der Waals surface area (Å²) in [6.45, 7) is 9.17. The van der Waals surface area contributed by atoms with Crippen LogP contribution in [-0.2, 0) is 9.59 Å². The van der Waals surface area contributed by atoms with Crippen LogP contribution in [0.2, 0.25) is 0 Å². The van der Waals surface area contributed by atoms with E-state index in [2.05, 4.69) is 10.1 Å². The van der Waals surface area contributed by atoms with Gasteiger partial charge in [0, 0.05) is 31.5 Å². The lowest BCUT2D eigenvalue weighted by Crippen LogP contribution is -2.47. The Morgan fingerprint density at radius 2 is 1.76 bits per heavy atom. The van der Waals surface area contributed by atoms with E-state index in [1.807, 2.05) is 68.8 Å². The van der Waals surface area contributed by atoms with Gasteiger partial charge in [0.05, 0.1) is 11.7 Å². The van der Waals surface area contributed by atoms with E-state index in [1.54, 1.807) is 11.0 Å². The van der Waals surface area contributed by atoms with Crippen molar-refractivity contribution in [2.45, 2.75) is 46.6 Å². The molecule has 0 N–H and O–H groups in total. The van der Waals surface area contributed by atoms with E-state index in [0.717, 1.165) is 24.1 Å². The van der Waals surface area contributed by atoms with E-state index in [1.165, 1.54) is 6.33 Å². The molecule has 1 aliphatic heterocycles. The van der Waals surface area contributed by atoms with Crippen molar-refractivity contribution in [2.75, 3.05) is 20.1 Å². The molecule has 1 saturated heterocycles. The average Bonchev–Trinajstić information content (AvgIpc) is 3.26. The molecule has 3 rings (SSSR count). The Balaban J connectivity index is 1.59. The molecule has 0 spiro atoms. The van der Waals surface area contributed by atoms with Gasteiger partial charge in [-0.1, -0.05) is 32.9 Å². The fourth-order valence-corrected chi connectivity index (χ4v) is 3.75. The molecule has 0 radical (unpaired) electrons. The lowest BCUT2D eigenvalue weighted by molar-refractivity contribution is -0.145. The van der Waals surface area contributed by atoms with Crippen molar-refractivity contribution in [2.24, 2.45) is 11.3 Å². The second-order valence-corrected chi connectivity index (χ2v) is 8.87. The first-order chi connectivity index (χ1) is 13.7. The number of hydrogen-bond donors (Lipinski definition) is 0. The highest BCUT2D eigenvalue weighted by Gasteiger charge is 2.34. The number of rotatable bonds is 4. The molecule has 2 aromatic rings. The Hall–Kier alpha value is -2.70. The molecule has 0 aliphatic carbocycles. The first-order valence-corrected chi connectivity index (χ1v) is 10.2. The van der Waals surface area contributed by atoms with Gasteiger partial charge in [-0.15, -0.1) is 0 Å². The number of aromatic nitrogens is 3. The van der Waals surface area contributed by atoms with Crippen LogP contribution in [-0.4, -0.2) is 56.5 Å². The van der Waals surface area contributed by atoms with Crippen LogP contribution >= 0.6 is 0 Å². The third kappa shape index (κ3) is 4.66. The largest absolute Gasteiger partial charge is 0.342 e. The van der Waals surface area contributed by atoms with Gasteiger partial charge >= 0.3 is 0 Å². The Morgan fingerprint density at radius 1 is 1.14 bits per heavy atom. The van der Waals surface area contributed by atoms with Crippen molar-refractivity contribution < 1.29 is 9.59 Å². The molecule has 2 amide bonds. The number of benzene rings is 1. The fourth-order valence-electron chi connectivity index (χ4n) is 3.75. The number of nitrogens with zero attached hydrogens (tertiary/aromatic N) is 5. The highest BCUT2D eigenvalue weighted by Crippen LogP contribution is 2.27. The minimum absolute atomic E-state index is 0.0264. The monoisotopic (exact) mass is 397 g/mol. The summed E-state index contributed by atoms with van der Waals surface area (Å²) in [4.78, 5) is 33.2. The number of carbonyl (C=O) groups is 2. The summed E-state index contributed by atoms with van der Waals surface area (Å²) in [5, 5.41) is 4.13. The van der Waals surface area contributed by atoms with E-state index < -0.39 is 0 Å². The Morgan fingerprint density at radius 3 is 2.28 bits per heavy atom. The van der Waals surface area contributed by atoms with Crippen LogP contribution in [0.5, 0.6) is 0 Å². The van der Waals surface area contributed by atoms with Crippen LogP contribution < -0.4 is 0 Å². The van der Waals surface area contributed by atoms with Crippen molar-refractivity contribution in [1.29, 1.82) is 0 Å². The zero-order valence-corrected chi connectivity index (χ0v) is 18.0. The number of amides is 2. The molecule has 2 heterocycles. The molecule has 7 nitrogen and oxygen atoms in total. The molecule has 1 fully saturated rings. The summed E-state index contributed by atoms with van der Waals surface area (Å²) in [6, 6.07) is 7.98. The maximum atomic E-state index is 13.0. The van der Waals surface area contributed by atoms with E-state index in [0.29, 0.717) is 13.1 Å². The van der Waals surface area contributed by atoms with Crippen molar-refractivity contribution in [3.63, 3.8) is 0 Å². The van der Waals surface area contributed by atoms with Crippen LogP contribution in [0.3, 0.4) is 0 Å². The molecule has 0 saturated carbocycles. The molecule has 1 atom stereocenters. The minimum atomic E-state index is -0.374. The molecular weight excluding hydrogens is 366 g/mol. The zero-order chi connectivity index (χ0) is 21.2. The van der Waals surface area contributed by atoms with Crippen LogP contribution in [0.4, 0.5) is 0 Å². The fraction of sp³-hybridized carbons (Fsp3) is 0.545. The summed E-state index contributed by atoms with van der Waals surface area (Å²) in [5.41, 5.74) is 1.63. The van der Waals surface area contributed by atoms with Gasteiger partial charge in [0.15, 0.2) is 0 Å². The standard InChI is InChI=1S/C22H31N5O2/c1-16(17-6-8-19(9-7-17)27-15-23-14-24-27)25(5)20(28)18-10-12-26(13-11-18)21(29)22(2,3)4/h6-9,14-16,18H,10-13H2,1-5H3/t16-/m0/s1. The molecular formula is C22H31N5O2. The van der Waals surface area contributed by atoms with E-state index in [4.69, 9.17) is 0 Å². The van der Waals surface area contributed by atoms with Gasteiger partial charge in [-0.2, -0.15) is 5.10 Å². The quantitative estimate of drug-likeness (QED) is 0.795. The maximum Gasteiger partial charge on any atom is 0.227 e. The molecule has 1 aromatic carbocycles. The second kappa shape index (κ2) is 8.35. The molecule has 156 valence electrons. The van der Waals surface area contributed by atoms with Crippen molar-refractivity contribution in [3.05, 3.63) is 42.5 Å². The predicted octanol–water partition coefficient (Wildman–Crippen LogP) is 3.07. The Bertz CT molecular complexity index is 831. The van der Waals surface area contributed by atoms with E-state index in [9.17, 15) is 9.59 Å². The van der Waals surface area contributed by atoms with Crippen LogP contribution in [0.15, 0.2) is 36.9 Å². The Kier molecular flexibility index (Phi) is 6.05. The number of hydrogen-bond acceptors (Lipinski definition) is 4. The minimum Gasteiger partial charge on any atom is -0.342 e. The maximum absolute atomic E-state index is 13.0. The van der Waals surface area contributed by atoms with Crippen LogP contribution in [0.1, 0.15) is 52.1 Å². The summed E-state index contributed by atoms with van der Waals surface area (Å²) >= 11 is 0.